The standard InChI is InChI=1S/C16H23N5/c17-11-14-3-6-19-16(15(14)18)21-9-4-13(5-10-21)12-20-7-1-2-8-20/h3,6,13H,1-2,4-5,7-10,12,18H2. The lowest BCUT2D eigenvalue weighted by Crippen LogP contribution is -2.38. The molecular formula is C16H23N5. The summed E-state index contributed by atoms with van der Waals surface area (Å²) in [5, 5.41) is 9.06. The van der Waals surface area contributed by atoms with Crippen molar-refractivity contribution in [3.05, 3.63) is 17.8 Å². The molecule has 112 valence electrons. The lowest BCUT2D eigenvalue weighted by molar-refractivity contribution is 0.249. The first-order valence-electron chi connectivity index (χ1n) is 7.90. The molecule has 5 nitrogen and oxygen atoms in total. The van der Waals surface area contributed by atoms with Gasteiger partial charge in [-0.15, -0.1) is 0 Å². The third kappa shape index (κ3) is 3.11. The topological polar surface area (TPSA) is 69.2 Å². The van der Waals surface area contributed by atoms with Crippen LogP contribution in [0.25, 0.3) is 0 Å². The van der Waals surface area contributed by atoms with E-state index in [0.29, 0.717) is 11.3 Å². The fourth-order valence-electron chi connectivity index (χ4n) is 3.47. The van der Waals surface area contributed by atoms with E-state index in [0.717, 1.165) is 24.8 Å². The van der Waals surface area contributed by atoms with Crippen molar-refractivity contribution in [1.82, 2.24) is 9.88 Å². The Bertz CT molecular complexity index is 522. The van der Waals surface area contributed by atoms with Crippen molar-refractivity contribution in [2.24, 2.45) is 5.92 Å². The van der Waals surface area contributed by atoms with Crippen LogP contribution in [0, 0.1) is 17.2 Å². The van der Waals surface area contributed by atoms with Crippen molar-refractivity contribution in [3.63, 3.8) is 0 Å². The smallest absolute Gasteiger partial charge is 0.153 e. The Hall–Kier alpha value is -1.80. The lowest BCUT2D eigenvalue weighted by Gasteiger charge is -2.35. The summed E-state index contributed by atoms with van der Waals surface area (Å²) in [6, 6.07) is 3.81. The van der Waals surface area contributed by atoms with E-state index in [2.05, 4.69) is 20.9 Å². The summed E-state index contributed by atoms with van der Waals surface area (Å²) in [7, 11) is 0. The molecule has 1 aromatic rings. The zero-order valence-electron chi connectivity index (χ0n) is 12.5. The molecule has 3 rings (SSSR count). The second-order valence-electron chi connectivity index (χ2n) is 6.15. The van der Waals surface area contributed by atoms with Crippen molar-refractivity contribution in [1.29, 1.82) is 5.26 Å². The maximum absolute atomic E-state index is 9.06. The number of nitrogen functional groups attached to an aromatic ring is 1. The summed E-state index contributed by atoms with van der Waals surface area (Å²) in [5.41, 5.74) is 7.11. The van der Waals surface area contributed by atoms with E-state index in [-0.39, 0.29) is 0 Å². The molecule has 2 aliphatic heterocycles. The molecule has 0 atom stereocenters. The highest BCUT2D eigenvalue weighted by Gasteiger charge is 2.24. The molecule has 1 aromatic heterocycles. The molecule has 0 unspecified atom stereocenters. The predicted octanol–water partition coefficient (Wildman–Crippen LogP) is 1.85. The lowest BCUT2D eigenvalue weighted by atomic mass is 9.96. The minimum atomic E-state index is 0.526. The summed E-state index contributed by atoms with van der Waals surface area (Å²) >= 11 is 0. The Balaban J connectivity index is 1.59. The van der Waals surface area contributed by atoms with Gasteiger partial charge < -0.3 is 15.5 Å². The normalized spacial score (nSPS) is 20.6. The van der Waals surface area contributed by atoms with Gasteiger partial charge in [-0.1, -0.05) is 0 Å². The van der Waals surface area contributed by atoms with E-state index in [4.69, 9.17) is 11.0 Å². The summed E-state index contributed by atoms with van der Waals surface area (Å²) in [6.07, 6.45) is 6.78. The van der Waals surface area contributed by atoms with Crippen molar-refractivity contribution in [3.8, 4) is 6.07 Å². The predicted molar refractivity (Wildman–Crippen MR) is 84.0 cm³/mol. The first-order valence-corrected chi connectivity index (χ1v) is 7.90. The highest BCUT2D eigenvalue weighted by Crippen LogP contribution is 2.28. The molecule has 21 heavy (non-hydrogen) atoms. The number of nitriles is 1. The molecular weight excluding hydrogens is 262 g/mol. The summed E-state index contributed by atoms with van der Waals surface area (Å²) in [6.45, 7) is 5.78. The van der Waals surface area contributed by atoms with Crippen molar-refractivity contribution >= 4 is 11.5 Å². The van der Waals surface area contributed by atoms with Gasteiger partial charge in [0.05, 0.1) is 11.3 Å². The number of rotatable bonds is 3. The van der Waals surface area contributed by atoms with Gasteiger partial charge in [0.25, 0.3) is 0 Å². The van der Waals surface area contributed by atoms with E-state index >= 15 is 0 Å². The second-order valence-corrected chi connectivity index (χ2v) is 6.15. The third-order valence-corrected chi connectivity index (χ3v) is 4.72. The van der Waals surface area contributed by atoms with Crippen molar-refractivity contribution in [2.45, 2.75) is 25.7 Å². The number of pyridine rings is 1. The Morgan fingerprint density at radius 3 is 2.62 bits per heavy atom. The summed E-state index contributed by atoms with van der Waals surface area (Å²) < 4.78 is 0. The van der Waals surface area contributed by atoms with Gasteiger partial charge in [-0.2, -0.15) is 5.26 Å². The van der Waals surface area contributed by atoms with Crippen molar-refractivity contribution < 1.29 is 0 Å². The molecule has 0 bridgehead atoms. The van der Waals surface area contributed by atoms with Crippen molar-refractivity contribution in [2.75, 3.05) is 43.4 Å². The van der Waals surface area contributed by atoms with Gasteiger partial charge in [0, 0.05) is 25.8 Å². The van der Waals surface area contributed by atoms with Gasteiger partial charge in [-0.05, 0) is 50.8 Å². The van der Waals surface area contributed by atoms with Crippen LogP contribution in [-0.4, -0.2) is 42.6 Å². The first-order chi connectivity index (χ1) is 10.3. The zero-order valence-corrected chi connectivity index (χ0v) is 12.5. The molecule has 0 spiro atoms. The van der Waals surface area contributed by atoms with Crippen LogP contribution in [0.4, 0.5) is 11.5 Å². The van der Waals surface area contributed by atoms with Gasteiger partial charge in [0.2, 0.25) is 0 Å². The fourth-order valence-corrected chi connectivity index (χ4v) is 3.47. The largest absolute Gasteiger partial charge is 0.395 e. The monoisotopic (exact) mass is 285 g/mol. The van der Waals surface area contributed by atoms with Crippen LogP contribution >= 0.6 is 0 Å². The number of piperidine rings is 1. The minimum absolute atomic E-state index is 0.526. The molecule has 3 heterocycles. The molecule has 0 aliphatic carbocycles. The van der Waals surface area contributed by atoms with Crippen LogP contribution in [0.5, 0.6) is 0 Å². The van der Waals surface area contributed by atoms with Gasteiger partial charge in [-0.3, -0.25) is 0 Å². The second kappa shape index (κ2) is 6.31. The summed E-state index contributed by atoms with van der Waals surface area (Å²) in [4.78, 5) is 9.21. The Morgan fingerprint density at radius 2 is 1.95 bits per heavy atom. The quantitative estimate of drug-likeness (QED) is 0.918. The minimum Gasteiger partial charge on any atom is -0.395 e. The number of aromatic nitrogens is 1. The Morgan fingerprint density at radius 1 is 1.24 bits per heavy atom. The van der Waals surface area contributed by atoms with E-state index < -0.39 is 0 Å². The molecule has 2 saturated heterocycles. The number of nitrogens with zero attached hydrogens (tertiary/aromatic N) is 4. The SMILES string of the molecule is N#Cc1ccnc(N2CCC(CN3CCCC3)CC2)c1N. The molecule has 2 fully saturated rings. The number of hydrogen-bond acceptors (Lipinski definition) is 5. The van der Waals surface area contributed by atoms with Gasteiger partial charge in [-0.25, -0.2) is 4.98 Å². The Labute approximate surface area is 126 Å². The van der Waals surface area contributed by atoms with Crippen LogP contribution in [0.15, 0.2) is 12.3 Å². The summed E-state index contributed by atoms with van der Waals surface area (Å²) in [5.74, 6) is 1.58. The zero-order chi connectivity index (χ0) is 14.7. The van der Waals surface area contributed by atoms with E-state index in [9.17, 15) is 0 Å². The average molecular weight is 285 g/mol. The van der Waals surface area contributed by atoms with Crippen LogP contribution < -0.4 is 10.6 Å². The molecule has 0 radical (unpaired) electrons. The number of hydrogen-bond donors (Lipinski definition) is 1. The van der Waals surface area contributed by atoms with Crippen LogP contribution in [0.1, 0.15) is 31.2 Å². The van der Waals surface area contributed by atoms with Gasteiger partial charge in [0.1, 0.15) is 6.07 Å². The van der Waals surface area contributed by atoms with Gasteiger partial charge in [0.15, 0.2) is 5.82 Å². The first kappa shape index (κ1) is 14.2. The molecule has 0 aromatic carbocycles. The van der Waals surface area contributed by atoms with Crippen LogP contribution in [0.3, 0.4) is 0 Å². The molecule has 0 amide bonds. The molecule has 2 N–H and O–H groups in total. The van der Waals surface area contributed by atoms with Crippen LogP contribution in [0.2, 0.25) is 0 Å². The number of anilines is 2. The number of likely N-dealkylation sites (tertiary alicyclic amines) is 1. The molecule has 5 heteroatoms. The third-order valence-electron chi connectivity index (χ3n) is 4.72. The fraction of sp³-hybridized carbons (Fsp3) is 0.625. The molecule has 0 saturated carbocycles. The van der Waals surface area contributed by atoms with Crippen LogP contribution in [-0.2, 0) is 0 Å². The van der Waals surface area contributed by atoms with E-state index in [1.54, 1.807) is 12.3 Å². The number of nitrogens with two attached hydrogens (primary N) is 1. The maximum Gasteiger partial charge on any atom is 0.153 e. The average Bonchev–Trinajstić information content (AvgIpc) is 3.01. The highest BCUT2D eigenvalue weighted by molar-refractivity contribution is 5.70. The van der Waals surface area contributed by atoms with Gasteiger partial charge >= 0.3 is 0 Å². The van der Waals surface area contributed by atoms with E-state index in [1.807, 2.05) is 0 Å². The highest BCUT2D eigenvalue weighted by atomic mass is 15.2. The van der Waals surface area contributed by atoms with E-state index in [1.165, 1.54) is 45.3 Å². The maximum atomic E-state index is 9.06. The Kier molecular flexibility index (Phi) is 4.26. The molecule has 2 aliphatic rings.